The molecule has 0 aliphatic carbocycles. The second-order valence-corrected chi connectivity index (χ2v) is 7.36. The van der Waals surface area contributed by atoms with Crippen LogP contribution in [-0.2, 0) is 14.8 Å². The van der Waals surface area contributed by atoms with Crippen molar-refractivity contribution < 1.29 is 17.9 Å². The van der Waals surface area contributed by atoms with Crippen LogP contribution in [0, 0.1) is 0 Å². The molecule has 1 atom stereocenters. The number of amidine groups is 1. The molecule has 0 bridgehead atoms. The van der Waals surface area contributed by atoms with Crippen molar-refractivity contribution in [3.63, 3.8) is 0 Å². The van der Waals surface area contributed by atoms with Crippen molar-refractivity contribution >= 4 is 38.4 Å². The van der Waals surface area contributed by atoms with Gasteiger partial charge in [-0.2, -0.15) is 8.42 Å². The Hall–Kier alpha value is -1.54. The molecule has 21 heavy (non-hydrogen) atoms. The Balaban J connectivity index is 2.33. The smallest absolute Gasteiger partial charge is 0.286 e. The maximum absolute atomic E-state index is 12.2. The van der Waals surface area contributed by atoms with Gasteiger partial charge in [-0.05, 0) is 32.9 Å². The summed E-state index contributed by atoms with van der Waals surface area (Å²) in [7, 11) is -3.79. The number of sulfonamides is 1. The summed E-state index contributed by atoms with van der Waals surface area (Å²) in [5.74, 6) is 0.435. The average molecular weight is 328 g/mol. The van der Waals surface area contributed by atoms with Crippen LogP contribution in [0.1, 0.15) is 20.8 Å². The molecule has 1 aromatic carbocycles. The van der Waals surface area contributed by atoms with Crippen LogP contribution in [-0.4, -0.2) is 31.2 Å². The van der Waals surface area contributed by atoms with Crippen molar-refractivity contribution in [2.24, 2.45) is 4.40 Å². The SMILES string of the molecule is CCOc1ccc2c(c1)S(=O)(=O)N=C(SC(C)C(C)=O)N2. The summed E-state index contributed by atoms with van der Waals surface area (Å²) in [4.78, 5) is 11.3. The van der Waals surface area contributed by atoms with E-state index in [0.717, 1.165) is 11.8 Å². The van der Waals surface area contributed by atoms with Gasteiger partial charge in [0.2, 0.25) is 0 Å². The molecule has 1 unspecified atom stereocenters. The first-order chi connectivity index (χ1) is 9.83. The standard InChI is InChI=1S/C13H16N2O4S2/c1-4-19-10-5-6-11-12(7-10)21(17,18)15-13(14-11)20-9(3)8(2)16/h5-7,9H,4H2,1-3H3,(H,14,15). The Labute approximate surface area is 128 Å². The van der Waals surface area contributed by atoms with E-state index in [9.17, 15) is 13.2 Å². The Morgan fingerprint density at radius 3 is 2.81 bits per heavy atom. The predicted octanol–water partition coefficient (Wildman–Crippen LogP) is 2.27. The molecule has 2 rings (SSSR count). The number of ketones is 1. The van der Waals surface area contributed by atoms with Gasteiger partial charge >= 0.3 is 0 Å². The first kappa shape index (κ1) is 15.8. The normalized spacial score (nSPS) is 17.2. The van der Waals surface area contributed by atoms with Crippen molar-refractivity contribution in [2.45, 2.75) is 30.9 Å². The van der Waals surface area contributed by atoms with E-state index < -0.39 is 10.0 Å². The highest BCUT2D eigenvalue weighted by Crippen LogP contribution is 2.33. The Morgan fingerprint density at radius 2 is 2.19 bits per heavy atom. The number of hydrogen-bond acceptors (Lipinski definition) is 6. The Morgan fingerprint density at radius 1 is 1.48 bits per heavy atom. The first-order valence-electron chi connectivity index (χ1n) is 6.39. The van der Waals surface area contributed by atoms with E-state index >= 15 is 0 Å². The number of nitrogens with one attached hydrogen (secondary N) is 1. The second-order valence-electron chi connectivity index (χ2n) is 4.46. The van der Waals surface area contributed by atoms with Crippen LogP contribution in [0.3, 0.4) is 0 Å². The molecule has 0 amide bonds. The number of thioether (sulfide) groups is 1. The van der Waals surface area contributed by atoms with Crippen molar-refractivity contribution in [1.82, 2.24) is 0 Å². The molecular weight excluding hydrogens is 312 g/mol. The van der Waals surface area contributed by atoms with Crippen LogP contribution in [0.5, 0.6) is 5.75 Å². The maximum Gasteiger partial charge on any atom is 0.286 e. The third-order valence-corrected chi connectivity index (χ3v) is 5.38. The minimum absolute atomic E-state index is 0.0422. The van der Waals surface area contributed by atoms with E-state index in [1.807, 2.05) is 6.92 Å². The zero-order chi connectivity index (χ0) is 15.6. The minimum atomic E-state index is -3.79. The van der Waals surface area contributed by atoms with Gasteiger partial charge in [0.1, 0.15) is 16.4 Å². The molecule has 1 aliphatic rings. The summed E-state index contributed by atoms with van der Waals surface area (Å²) in [6.07, 6.45) is 0. The summed E-state index contributed by atoms with van der Waals surface area (Å²) in [5.41, 5.74) is 0.437. The number of carbonyl (C=O) groups is 1. The highest BCUT2D eigenvalue weighted by atomic mass is 32.2. The van der Waals surface area contributed by atoms with Crippen molar-refractivity contribution in [3.05, 3.63) is 18.2 Å². The fourth-order valence-corrected chi connectivity index (χ4v) is 3.83. The van der Waals surface area contributed by atoms with Crippen molar-refractivity contribution in [1.29, 1.82) is 0 Å². The van der Waals surface area contributed by atoms with Gasteiger partial charge in [-0.25, -0.2) is 0 Å². The molecule has 0 fully saturated rings. The number of anilines is 1. The number of rotatable bonds is 4. The van der Waals surface area contributed by atoms with Crippen LogP contribution < -0.4 is 10.1 Å². The number of nitrogens with zero attached hydrogens (tertiary/aromatic N) is 1. The largest absolute Gasteiger partial charge is 0.494 e. The maximum atomic E-state index is 12.2. The van der Waals surface area contributed by atoms with E-state index in [1.54, 1.807) is 19.1 Å². The molecule has 0 spiro atoms. The van der Waals surface area contributed by atoms with Crippen LogP contribution in [0.25, 0.3) is 0 Å². The topological polar surface area (TPSA) is 84.8 Å². The average Bonchev–Trinajstić information content (AvgIpc) is 2.39. The molecule has 6 nitrogen and oxygen atoms in total. The first-order valence-corrected chi connectivity index (χ1v) is 8.71. The predicted molar refractivity (Wildman–Crippen MR) is 83.6 cm³/mol. The lowest BCUT2D eigenvalue weighted by atomic mass is 10.3. The molecule has 1 N–H and O–H groups in total. The number of benzene rings is 1. The van der Waals surface area contributed by atoms with Crippen LogP contribution in [0.15, 0.2) is 27.5 Å². The van der Waals surface area contributed by atoms with E-state index in [-0.39, 0.29) is 21.1 Å². The Kier molecular flexibility index (Phi) is 4.58. The summed E-state index contributed by atoms with van der Waals surface area (Å²) in [5, 5.41) is 2.77. The van der Waals surface area contributed by atoms with Crippen molar-refractivity contribution in [2.75, 3.05) is 11.9 Å². The van der Waals surface area contributed by atoms with Gasteiger partial charge in [-0.1, -0.05) is 11.8 Å². The number of carbonyl (C=O) groups excluding carboxylic acids is 1. The zero-order valence-electron chi connectivity index (χ0n) is 11.9. The Bertz CT molecular complexity index is 698. The lowest BCUT2D eigenvalue weighted by Gasteiger charge is -2.19. The highest BCUT2D eigenvalue weighted by Gasteiger charge is 2.27. The third-order valence-electron chi connectivity index (χ3n) is 2.85. The van der Waals surface area contributed by atoms with Crippen LogP contribution in [0.2, 0.25) is 0 Å². The summed E-state index contributed by atoms with van der Waals surface area (Å²) in [6.45, 7) is 5.43. The van der Waals surface area contributed by atoms with E-state index in [0.29, 0.717) is 18.0 Å². The fraction of sp³-hybridized carbons (Fsp3) is 0.385. The molecule has 0 aromatic heterocycles. The highest BCUT2D eigenvalue weighted by molar-refractivity contribution is 8.15. The molecule has 1 aliphatic heterocycles. The number of fused-ring (bicyclic) bond motifs is 1. The number of hydrogen-bond donors (Lipinski definition) is 1. The van der Waals surface area contributed by atoms with E-state index in [4.69, 9.17) is 4.74 Å². The van der Waals surface area contributed by atoms with Gasteiger partial charge < -0.3 is 10.1 Å². The monoisotopic (exact) mass is 328 g/mol. The van der Waals surface area contributed by atoms with Gasteiger partial charge in [-0.3, -0.25) is 4.79 Å². The molecule has 8 heteroatoms. The molecule has 1 aromatic rings. The van der Waals surface area contributed by atoms with Gasteiger partial charge in [0.25, 0.3) is 10.0 Å². The number of Topliss-reactive ketones (excluding diaryl/α,β-unsaturated/α-hetero) is 1. The minimum Gasteiger partial charge on any atom is -0.494 e. The van der Waals surface area contributed by atoms with Crippen molar-refractivity contribution in [3.8, 4) is 5.75 Å². The summed E-state index contributed by atoms with van der Waals surface area (Å²) in [6, 6.07) is 4.76. The molecule has 114 valence electrons. The molecule has 1 heterocycles. The van der Waals surface area contributed by atoms with Gasteiger partial charge in [0.05, 0.1) is 17.5 Å². The van der Waals surface area contributed by atoms with Crippen LogP contribution >= 0.6 is 11.8 Å². The lowest BCUT2D eigenvalue weighted by Crippen LogP contribution is -2.22. The molecule has 0 saturated heterocycles. The zero-order valence-corrected chi connectivity index (χ0v) is 13.5. The van der Waals surface area contributed by atoms with E-state index in [2.05, 4.69) is 9.71 Å². The summed E-state index contributed by atoms with van der Waals surface area (Å²) >= 11 is 1.09. The summed E-state index contributed by atoms with van der Waals surface area (Å²) < 4.78 is 33.4. The number of ether oxygens (including phenoxy) is 1. The molecule has 0 radical (unpaired) electrons. The fourth-order valence-electron chi connectivity index (χ4n) is 1.67. The lowest BCUT2D eigenvalue weighted by molar-refractivity contribution is -0.116. The van der Waals surface area contributed by atoms with Gasteiger partial charge in [0.15, 0.2) is 5.17 Å². The van der Waals surface area contributed by atoms with Gasteiger partial charge in [0, 0.05) is 6.07 Å². The molecular formula is C13H16N2O4S2. The van der Waals surface area contributed by atoms with Crippen LogP contribution in [0.4, 0.5) is 5.69 Å². The van der Waals surface area contributed by atoms with Gasteiger partial charge in [-0.15, -0.1) is 4.40 Å². The quantitative estimate of drug-likeness (QED) is 0.912. The van der Waals surface area contributed by atoms with E-state index in [1.165, 1.54) is 13.0 Å². The molecule has 0 saturated carbocycles. The second kappa shape index (κ2) is 6.07. The third kappa shape index (κ3) is 3.56.